The first-order chi connectivity index (χ1) is 20.9. The average molecular weight is 784 g/mol. The average Bonchev–Trinajstić information content (AvgIpc) is 3.74. The van der Waals surface area contributed by atoms with Crippen LogP contribution in [0.1, 0.15) is 115 Å². The molecule has 2 saturated carbocycles. The van der Waals surface area contributed by atoms with Crippen molar-refractivity contribution in [1.29, 1.82) is 0 Å². The molecule has 4 heterocycles. The summed E-state index contributed by atoms with van der Waals surface area (Å²) in [4.78, 5) is 35.1. The number of aromatic nitrogens is 2. The Kier molecular flexibility index (Phi) is 9.57. The van der Waals surface area contributed by atoms with Crippen molar-refractivity contribution in [3.8, 4) is 11.4 Å². The number of nitrogens with zero attached hydrogens (tertiary/aromatic N) is 4. The molecule has 238 valence electrons. The molecule has 2 fully saturated rings. The van der Waals surface area contributed by atoms with Crippen molar-refractivity contribution in [2.24, 2.45) is 10.8 Å². The van der Waals surface area contributed by atoms with Crippen LogP contribution in [0.5, 0.6) is 0 Å². The van der Waals surface area contributed by atoms with E-state index in [1.165, 1.54) is 62.5 Å². The third kappa shape index (κ3) is 6.87. The summed E-state index contributed by atoms with van der Waals surface area (Å²) in [6.07, 6.45) is 15.8. The number of carbonyl (C=O) groups is 2. The van der Waals surface area contributed by atoms with E-state index in [9.17, 15) is 9.59 Å². The second-order valence-corrected chi connectivity index (χ2v) is 14.3. The molecule has 4 aliphatic rings. The molecular weight excluding hydrogens is 740 g/mol. The van der Waals surface area contributed by atoms with Gasteiger partial charge in [-0.15, -0.1) is 11.4 Å². The molecule has 0 spiro atoms. The zero-order valence-electron chi connectivity index (χ0n) is 27.5. The zero-order chi connectivity index (χ0) is 31.2. The molecule has 2 aromatic rings. The smallest absolute Gasteiger partial charge is 0.623 e. The summed E-state index contributed by atoms with van der Waals surface area (Å²) in [5, 5.41) is 8.68. The summed E-state index contributed by atoms with van der Waals surface area (Å²) < 4.78 is 0. The van der Waals surface area contributed by atoms with Crippen LogP contribution in [0.2, 0.25) is 0 Å². The monoisotopic (exact) mass is 783 g/mol. The minimum Gasteiger partial charge on any atom is -0.623 e. The van der Waals surface area contributed by atoms with E-state index in [-0.39, 0.29) is 43.7 Å². The molecule has 2 amide bonds. The Bertz CT molecular complexity index is 1540. The Labute approximate surface area is 282 Å². The number of hydrogen-bond donors (Lipinski definition) is 0. The Hall–Kier alpha value is -3.11. The molecule has 0 unspecified atom stereocenters. The van der Waals surface area contributed by atoms with Crippen molar-refractivity contribution >= 4 is 24.0 Å². The summed E-state index contributed by atoms with van der Waals surface area (Å²) in [7, 11) is 0. The Morgan fingerprint density at radius 1 is 0.622 bits per heavy atom. The van der Waals surface area contributed by atoms with E-state index in [2.05, 4.69) is 48.7 Å². The van der Waals surface area contributed by atoms with Crippen molar-refractivity contribution < 1.29 is 30.7 Å². The van der Waals surface area contributed by atoms with Crippen molar-refractivity contribution in [3.05, 3.63) is 91.1 Å². The zero-order valence-corrected chi connectivity index (χ0v) is 29.7. The second-order valence-electron chi connectivity index (χ2n) is 14.3. The van der Waals surface area contributed by atoms with Gasteiger partial charge in [0.2, 0.25) is 0 Å². The first kappa shape index (κ1) is 33.3. The third-order valence-electron chi connectivity index (χ3n) is 10.7. The second kappa shape index (κ2) is 12.9. The van der Waals surface area contributed by atoms with Crippen LogP contribution in [0.3, 0.4) is 0 Å². The van der Waals surface area contributed by atoms with Crippen molar-refractivity contribution in [3.63, 3.8) is 0 Å². The van der Waals surface area contributed by atoms with Crippen LogP contribution in [-0.2, 0) is 43.5 Å². The van der Waals surface area contributed by atoms with E-state index >= 15 is 0 Å². The molecule has 0 N–H and O–H groups in total. The largest absolute Gasteiger partial charge is 2.00 e. The Morgan fingerprint density at radius 2 is 0.978 bits per heavy atom. The maximum absolute atomic E-state index is 12.4. The molecule has 7 heteroatoms. The van der Waals surface area contributed by atoms with Gasteiger partial charge in [-0.05, 0) is 111 Å². The van der Waals surface area contributed by atoms with E-state index in [1.54, 1.807) is 0 Å². The summed E-state index contributed by atoms with van der Waals surface area (Å²) in [5.41, 5.74) is 10.7. The van der Waals surface area contributed by atoms with Gasteiger partial charge in [0.1, 0.15) is 0 Å². The van der Waals surface area contributed by atoms with Crippen LogP contribution < -0.4 is 0 Å². The molecule has 0 atom stereocenters. The first-order valence-electron chi connectivity index (χ1n) is 16.3. The topological polar surface area (TPSA) is 88.1 Å². The van der Waals surface area contributed by atoms with Crippen LogP contribution in [0.25, 0.3) is 34.2 Å². The molecule has 2 aromatic heterocycles. The van der Waals surface area contributed by atoms with Gasteiger partial charge in [-0.3, -0.25) is 0 Å². The maximum atomic E-state index is 12.4. The minimum absolute atomic E-state index is 0. The van der Waals surface area contributed by atoms with Gasteiger partial charge in [-0.2, -0.15) is 0 Å². The van der Waals surface area contributed by atoms with Gasteiger partial charge in [0.15, 0.2) is 0 Å². The van der Waals surface area contributed by atoms with Crippen molar-refractivity contribution in [2.75, 3.05) is 0 Å². The van der Waals surface area contributed by atoms with Gasteiger partial charge in [-0.25, -0.2) is 9.97 Å². The number of rotatable bonds is 7. The normalized spacial score (nSPS) is 22.4. The molecule has 0 radical (unpaired) electrons. The van der Waals surface area contributed by atoms with Crippen LogP contribution in [0, 0.1) is 10.8 Å². The number of pyridine rings is 2. The predicted octanol–water partition coefficient (Wildman–Crippen LogP) is 9.57. The van der Waals surface area contributed by atoms with Gasteiger partial charge in [0.05, 0.1) is 34.6 Å². The number of hydrogen-bond acceptors (Lipinski definition) is 4. The molecular formula is C38H44N4O2Pt. The third-order valence-corrected chi connectivity index (χ3v) is 10.7. The fourth-order valence-electron chi connectivity index (χ4n) is 7.37. The fraction of sp³-hybridized carbons (Fsp3) is 0.474. The fourth-order valence-corrected chi connectivity index (χ4v) is 7.37. The molecule has 0 aromatic carbocycles. The van der Waals surface area contributed by atoms with E-state index in [0.717, 1.165) is 46.8 Å². The van der Waals surface area contributed by atoms with Gasteiger partial charge < -0.3 is 20.2 Å². The molecule has 0 bridgehead atoms. The molecule has 2 aliphatic carbocycles. The predicted molar refractivity (Wildman–Crippen MR) is 177 cm³/mol. The van der Waals surface area contributed by atoms with Crippen LogP contribution in [0.15, 0.2) is 58.0 Å². The van der Waals surface area contributed by atoms with Gasteiger partial charge >= 0.3 is 21.1 Å². The quantitative estimate of drug-likeness (QED) is 0.280. The van der Waals surface area contributed by atoms with E-state index in [1.807, 2.05) is 39.8 Å². The number of carbonyl (C=O) groups excluding carboxylic acids is 2. The number of allylic oxidation sites excluding steroid dienone is 2. The summed E-state index contributed by atoms with van der Waals surface area (Å²) >= 11 is 0. The van der Waals surface area contributed by atoms with Crippen LogP contribution in [-0.4, -0.2) is 21.8 Å². The Balaban J connectivity index is 0.00000400. The first-order valence-corrected chi connectivity index (χ1v) is 16.3. The summed E-state index contributed by atoms with van der Waals surface area (Å²) in [6, 6.07) is 8.54. The van der Waals surface area contributed by atoms with Gasteiger partial charge in [-0.1, -0.05) is 75.0 Å². The van der Waals surface area contributed by atoms with Crippen LogP contribution in [0.4, 0.5) is 0 Å². The van der Waals surface area contributed by atoms with Gasteiger partial charge in [0.25, 0.3) is 0 Å². The van der Waals surface area contributed by atoms with Crippen molar-refractivity contribution in [1.82, 2.24) is 9.97 Å². The standard InChI is InChI=1S/C38H46N4O2.Pt/c1-23-25(3)35(43)41-31(23)19-33-27(21-37(5)15-7-8-16-37)11-13-29(39-33)30-14-12-28(22-38(6)17-9-10-18-38)34(40-30)20-32-24(2)26(4)36(44)42-32;/h11-14,19-20H,7-10,15-18,21-22H2,1-6H3,(H2,39,40,41,42,43,44);/q;+2/p-2. The molecule has 0 saturated heterocycles. The molecule has 2 aliphatic heterocycles. The maximum Gasteiger partial charge on any atom is 2.00 e. The van der Waals surface area contributed by atoms with E-state index in [4.69, 9.17) is 9.97 Å². The minimum atomic E-state index is -0.171. The summed E-state index contributed by atoms with van der Waals surface area (Å²) in [6.45, 7) is 12.3. The van der Waals surface area contributed by atoms with Crippen LogP contribution >= 0.6 is 0 Å². The number of amides is 2. The van der Waals surface area contributed by atoms with Gasteiger partial charge in [0, 0.05) is 0 Å². The molecule has 45 heavy (non-hydrogen) atoms. The van der Waals surface area contributed by atoms with Crippen molar-refractivity contribution in [2.45, 2.75) is 106 Å². The summed E-state index contributed by atoms with van der Waals surface area (Å²) in [5.74, 6) is -0.342. The van der Waals surface area contributed by atoms with E-state index < -0.39 is 0 Å². The Morgan fingerprint density at radius 3 is 1.29 bits per heavy atom. The van der Waals surface area contributed by atoms with E-state index in [0.29, 0.717) is 22.5 Å². The molecule has 6 rings (SSSR count). The molecule has 6 nitrogen and oxygen atoms in total. The SMILES string of the molecule is CC1=C(C)/C(=C/c2nc(-c3ccc(CC4(C)CCCC4)c(/C=C4\[N-]C(=O)C(C)=C4C)n3)ccc2CC2(C)CCCC2)[N-]C1=O.[Pt+2].